The van der Waals surface area contributed by atoms with Crippen LogP contribution in [0.2, 0.25) is 0 Å². The largest absolute Gasteiger partial charge is 0.366 e. The average molecular weight is 139 g/mol. The third-order valence-electron chi connectivity index (χ3n) is 1.54. The lowest BCUT2D eigenvalue weighted by Gasteiger charge is -2.00. The lowest BCUT2D eigenvalue weighted by atomic mass is 10.2. The van der Waals surface area contributed by atoms with Crippen LogP contribution >= 0.6 is 0 Å². The van der Waals surface area contributed by atoms with Crippen LogP contribution in [0.5, 0.6) is 0 Å². The Kier molecular flexibility index (Phi) is 4.73. The molecule has 0 aromatic carbocycles. The van der Waals surface area contributed by atoms with Crippen molar-refractivity contribution < 1.29 is 0 Å². The molecular formula is C9H17N. The molecule has 0 aromatic rings. The van der Waals surface area contributed by atoms with E-state index in [1.807, 2.05) is 6.92 Å². The highest BCUT2D eigenvalue weighted by molar-refractivity contribution is 5.03. The van der Waals surface area contributed by atoms with Gasteiger partial charge in [-0.25, -0.2) is 0 Å². The van der Waals surface area contributed by atoms with Crippen molar-refractivity contribution in [1.29, 1.82) is 0 Å². The van der Waals surface area contributed by atoms with Crippen molar-refractivity contribution in [3.63, 3.8) is 0 Å². The van der Waals surface area contributed by atoms with E-state index in [1.165, 1.54) is 11.3 Å². The van der Waals surface area contributed by atoms with Gasteiger partial charge in [0.1, 0.15) is 0 Å². The number of hydrogen-bond acceptors (Lipinski definition) is 1. The summed E-state index contributed by atoms with van der Waals surface area (Å²) in [5, 5.41) is 3.18. The fourth-order valence-electron chi connectivity index (χ4n) is 0.422. The maximum atomic E-state index is 3.18. The first kappa shape index (κ1) is 9.28. The topological polar surface area (TPSA) is 12.0 Å². The molecular weight excluding hydrogens is 122 g/mol. The summed E-state index contributed by atoms with van der Waals surface area (Å²) < 4.78 is 0. The zero-order chi connectivity index (χ0) is 7.98. The highest BCUT2D eigenvalue weighted by Crippen LogP contribution is 1.96. The fourth-order valence-corrected chi connectivity index (χ4v) is 0.422. The van der Waals surface area contributed by atoms with E-state index >= 15 is 0 Å². The SMILES string of the molecule is C/C=C(/C)NC=C(C)CC. The first-order valence-electron chi connectivity index (χ1n) is 3.75. The first-order chi connectivity index (χ1) is 4.70. The molecule has 0 saturated carbocycles. The predicted molar refractivity (Wildman–Crippen MR) is 46.6 cm³/mol. The third kappa shape index (κ3) is 4.19. The van der Waals surface area contributed by atoms with Crippen LogP contribution in [-0.2, 0) is 0 Å². The molecule has 0 aliphatic heterocycles. The van der Waals surface area contributed by atoms with Crippen molar-refractivity contribution in [3.05, 3.63) is 23.5 Å². The molecule has 0 rings (SSSR count). The quantitative estimate of drug-likeness (QED) is 0.634. The Labute approximate surface area is 63.8 Å². The van der Waals surface area contributed by atoms with E-state index in [0.717, 1.165) is 6.42 Å². The van der Waals surface area contributed by atoms with Gasteiger partial charge in [-0.3, -0.25) is 0 Å². The summed E-state index contributed by atoms with van der Waals surface area (Å²) in [6.45, 7) is 8.35. The standard InChI is InChI=1S/C9H17N/c1-5-8(3)7-10-9(4)6-2/h6-7,10H,5H2,1-4H3/b8-7?,9-6-. The molecule has 0 fully saturated rings. The second-order valence-corrected chi connectivity index (χ2v) is 2.46. The summed E-state index contributed by atoms with van der Waals surface area (Å²) in [6, 6.07) is 0. The van der Waals surface area contributed by atoms with Crippen molar-refractivity contribution in [3.8, 4) is 0 Å². The van der Waals surface area contributed by atoms with Gasteiger partial charge in [0.05, 0.1) is 0 Å². The van der Waals surface area contributed by atoms with E-state index in [4.69, 9.17) is 0 Å². The summed E-state index contributed by atoms with van der Waals surface area (Å²) in [4.78, 5) is 0. The van der Waals surface area contributed by atoms with Crippen molar-refractivity contribution in [2.24, 2.45) is 0 Å². The second-order valence-electron chi connectivity index (χ2n) is 2.46. The Bertz CT molecular complexity index is 143. The van der Waals surface area contributed by atoms with Crippen LogP contribution in [-0.4, -0.2) is 0 Å². The zero-order valence-corrected chi connectivity index (χ0v) is 7.36. The van der Waals surface area contributed by atoms with E-state index in [9.17, 15) is 0 Å². The highest BCUT2D eigenvalue weighted by atomic mass is 14.8. The van der Waals surface area contributed by atoms with Crippen molar-refractivity contribution in [2.45, 2.75) is 34.1 Å². The Morgan fingerprint density at radius 2 is 2.00 bits per heavy atom. The van der Waals surface area contributed by atoms with Gasteiger partial charge in [0.15, 0.2) is 0 Å². The van der Waals surface area contributed by atoms with E-state index in [0.29, 0.717) is 0 Å². The number of nitrogens with one attached hydrogen (secondary N) is 1. The highest BCUT2D eigenvalue weighted by Gasteiger charge is 1.82. The van der Waals surface area contributed by atoms with Gasteiger partial charge in [0.2, 0.25) is 0 Å². The van der Waals surface area contributed by atoms with Gasteiger partial charge < -0.3 is 5.32 Å². The molecule has 0 amide bonds. The Morgan fingerprint density at radius 1 is 1.40 bits per heavy atom. The van der Waals surface area contributed by atoms with E-state index in [2.05, 4.69) is 38.4 Å². The number of rotatable bonds is 3. The van der Waals surface area contributed by atoms with Gasteiger partial charge in [0, 0.05) is 5.70 Å². The average Bonchev–Trinajstić information content (AvgIpc) is 1.99. The van der Waals surface area contributed by atoms with Crippen molar-refractivity contribution >= 4 is 0 Å². The number of allylic oxidation sites excluding steroid dienone is 3. The van der Waals surface area contributed by atoms with Gasteiger partial charge in [-0.05, 0) is 33.4 Å². The Balaban J connectivity index is 3.72. The molecule has 0 unspecified atom stereocenters. The summed E-state index contributed by atoms with van der Waals surface area (Å²) in [5.41, 5.74) is 2.58. The molecule has 0 radical (unpaired) electrons. The minimum atomic E-state index is 1.12. The molecule has 0 bridgehead atoms. The summed E-state index contributed by atoms with van der Waals surface area (Å²) in [6.07, 6.45) is 5.22. The van der Waals surface area contributed by atoms with Crippen LogP contribution in [0.15, 0.2) is 23.5 Å². The zero-order valence-electron chi connectivity index (χ0n) is 7.36. The summed E-state index contributed by atoms with van der Waals surface area (Å²) in [7, 11) is 0. The molecule has 1 N–H and O–H groups in total. The first-order valence-corrected chi connectivity index (χ1v) is 3.75. The minimum absolute atomic E-state index is 1.12. The molecule has 0 atom stereocenters. The van der Waals surface area contributed by atoms with E-state index in [-0.39, 0.29) is 0 Å². The smallest absolute Gasteiger partial charge is 0.00714 e. The predicted octanol–water partition coefficient (Wildman–Crippen LogP) is 2.81. The molecule has 0 aliphatic carbocycles. The maximum absolute atomic E-state index is 3.18. The van der Waals surface area contributed by atoms with Crippen LogP contribution in [0.1, 0.15) is 34.1 Å². The fraction of sp³-hybridized carbons (Fsp3) is 0.556. The molecule has 0 heterocycles. The molecule has 0 aromatic heterocycles. The summed E-state index contributed by atoms with van der Waals surface area (Å²) in [5.74, 6) is 0. The molecule has 1 heteroatoms. The van der Waals surface area contributed by atoms with Crippen LogP contribution in [0.4, 0.5) is 0 Å². The normalized spacial score (nSPS) is 13.6. The Hall–Kier alpha value is -0.720. The minimum Gasteiger partial charge on any atom is -0.366 e. The molecule has 58 valence electrons. The van der Waals surface area contributed by atoms with Crippen LogP contribution in [0.3, 0.4) is 0 Å². The van der Waals surface area contributed by atoms with Gasteiger partial charge >= 0.3 is 0 Å². The van der Waals surface area contributed by atoms with Crippen LogP contribution in [0.25, 0.3) is 0 Å². The van der Waals surface area contributed by atoms with Gasteiger partial charge in [-0.2, -0.15) is 0 Å². The lowest BCUT2D eigenvalue weighted by Crippen LogP contribution is -2.01. The molecule has 0 saturated heterocycles. The molecule has 0 aliphatic rings. The van der Waals surface area contributed by atoms with Crippen LogP contribution < -0.4 is 5.32 Å². The van der Waals surface area contributed by atoms with E-state index in [1.54, 1.807) is 0 Å². The molecule has 10 heavy (non-hydrogen) atoms. The van der Waals surface area contributed by atoms with Crippen molar-refractivity contribution in [1.82, 2.24) is 5.32 Å². The van der Waals surface area contributed by atoms with Crippen LogP contribution in [0, 0.1) is 0 Å². The van der Waals surface area contributed by atoms with Crippen molar-refractivity contribution in [2.75, 3.05) is 0 Å². The Morgan fingerprint density at radius 3 is 2.40 bits per heavy atom. The van der Waals surface area contributed by atoms with Gasteiger partial charge in [-0.1, -0.05) is 18.6 Å². The molecule has 0 spiro atoms. The number of hydrogen-bond donors (Lipinski definition) is 1. The third-order valence-corrected chi connectivity index (χ3v) is 1.54. The van der Waals surface area contributed by atoms with E-state index < -0.39 is 0 Å². The van der Waals surface area contributed by atoms with Gasteiger partial charge in [0.25, 0.3) is 0 Å². The maximum Gasteiger partial charge on any atom is 0.00714 e. The van der Waals surface area contributed by atoms with Gasteiger partial charge in [-0.15, -0.1) is 0 Å². The molecule has 1 nitrogen and oxygen atoms in total. The summed E-state index contributed by atoms with van der Waals surface area (Å²) >= 11 is 0. The lowest BCUT2D eigenvalue weighted by molar-refractivity contribution is 0.991. The second kappa shape index (κ2) is 5.10. The monoisotopic (exact) mass is 139 g/mol.